The van der Waals surface area contributed by atoms with E-state index in [1.807, 2.05) is 24.0 Å². The molecule has 0 spiro atoms. The van der Waals surface area contributed by atoms with Crippen LogP contribution in [0.1, 0.15) is 12.1 Å². The molecule has 1 N–H and O–H groups in total. The molecule has 96 valence electrons. The van der Waals surface area contributed by atoms with Gasteiger partial charge in [0.15, 0.2) is 0 Å². The number of nitrogens with zero attached hydrogens (tertiary/aromatic N) is 2. The average Bonchev–Trinajstić information content (AvgIpc) is 2.95. The third-order valence-corrected chi connectivity index (χ3v) is 3.43. The van der Waals surface area contributed by atoms with E-state index in [1.165, 1.54) is 5.69 Å². The first-order chi connectivity index (χ1) is 8.26. The van der Waals surface area contributed by atoms with Gasteiger partial charge in [0.25, 0.3) is 0 Å². The fourth-order valence-electron chi connectivity index (χ4n) is 2.14. The predicted octanol–water partition coefficient (Wildman–Crippen LogP) is 0.358. The molecule has 0 aliphatic carbocycles. The number of ether oxygens (including phenoxy) is 2. The topological polar surface area (TPSA) is 48.3 Å². The Balaban J connectivity index is 1.71. The van der Waals surface area contributed by atoms with E-state index in [9.17, 15) is 0 Å². The molecule has 1 aromatic heterocycles. The Hall–Kier alpha value is -0.910. The monoisotopic (exact) mass is 239 g/mol. The summed E-state index contributed by atoms with van der Waals surface area (Å²) in [7, 11) is 3.73. The van der Waals surface area contributed by atoms with Gasteiger partial charge in [-0.05, 0) is 6.07 Å². The van der Waals surface area contributed by atoms with Gasteiger partial charge < -0.3 is 14.8 Å². The van der Waals surface area contributed by atoms with Crippen molar-refractivity contribution in [2.24, 2.45) is 7.05 Å². The van der Waals surface area contributed by atoms with Gasteiger partial charge in [0.05, 0.1) is 6.61 Å². The van der Waals surface area contributed by atoms with Crippen molar-refractivity contribution in [2.75, 3.05) is 33.4 Å². The molecule has 1 aliphatic heterocycles. The fraction of sp³-hybridized carbons (Fsp3) is 0.750. The van der Waals surface area contributed by atoms with E-state index >= 15 is 0 Å². The van der Waals surface area contributed by atoms with E-state index in [0.29, 0.717) is 6.61 Å². The molecule has 1 aromatic rings. The summed E-state index contributed by atoms with van der Waals surface area (Å²) in [6.45, 7) is 3.28. The second-order valence-electron chi connectivity index (χ2n) is 4.56. The van der Waals surface area contributed by atoms with Gasteiger partial charge in [0.1, 0.15) is 5.60 Å². The maximum Gasteiger partial charge on any atom is 0.106 e. The third kappa shape index (κ3) is 3.06. The number of hydrogen-bond donors (Lipinski definition) is 1. The SMILES string of the molecule is COC1(CNCCc2ccnn2C)CCOC1. The maximum absolute atomic E-state index is 5.55. The minimum Gasteiger partial charge on any atom is -0.378 e. The highest BCUT2D eigenvalue weighted by Gasteiger charge is 2.34. The molecule has 2 heterocycles. The summed E-state index contributed by atoms with van der Waals surface area (Å²) in [5, 5.41) is 7.59. The predicted molar refractivity (Wildman–Crippen MR) is 65.0 cm³/mol. The molecule has 1 unspecified atom stereocenters. The van der Waals surface area contributed by atoms with Crippen molar-refractivity contribution in [3.63, 3.8) is 0 Å². The zero-order valence-electron chi connectivity index (χ0n) is 10.6. The highest BCUT2D eigenvalue weighted by molar-refractivity contribution is 5.00. The van der Waals surface area contributed by atoms with Gasteiger partial charge in [-0.1, -0.05) is 0 Å². The zero-order valence-corrected chi connectivity index (χ0v) is 10.6. The Morgan fingerprint density at radius 3 is 3.12 bits per heavy atom. The van der Waals surface area contributed by atoms with Crippen LogP contribution in [0.3, 0.4) is 0 Å². The minimum absolute atomic E-state index is 0.119. The summed E-state index contributed by atoms with van der Waals surface area (Å²) in [6.07, 6.45) is 3.79. The molecule has 1 saturated heterocycles. The molecule has 5 heteroatoms. The number of aromatic nitrogens is 2. The number of hydrogen-bond acceptors (Lipinski definition) is 4. The maximum atomic E-state index is 5.55. The van der Waals surface area contributed by atoms with Crippen molar-refractivity contribution in [1.82, 2.24) is 15.1 Å². The zero-order chi connectivity index (χ0) is 12.1. The van der Waals surface area contributed by atoms with Crippen molar-refractivity contribution in [1.29, 1.82) is 0 Å². The molecular weight excluding hydrogens is 218 g/mol. The Labute approximate surface area is 102 Å². The van der Waals surface area contributed by atoms with Crippen molar-refractivity contribution < 1.29 is 9.47 Å². The average molecular weight is 239 g/mol. The smallest absolute Gasteiger partial charge is 0.106 e. The first-order valence-electron chi connectivity index (χ1n) is 6.06. The number of nitrogens with one attached hydrogen (secondary N) is 1. The Morgan fingerprint density at radius 2 is 2.53 bits per heavy atom. The summed E-state index contributed by atoms with van der Waals surface area (Å²) in [6, 6.07) is 2.05. The first kappa shape index (κ1) is 12.5. The van der Waals surface area contributed by atoms with E-state index in [1.54, 1.807) is 7.11 Å². The van der Waals surface area contributed by atoms with Crippen molar-refractivity contribution >= 4 is 0 Å². The Morgan fingerprint density at radius 1 is 1.65 bits per heavy atom. The molecule has 0 radical (unpaired) electrons. The molecule has 1 fully saturated rings. The van der Waals surface area contributed by atoms with Crippen LogP contribution in [0.4, 0.5) is 0 Å². The summed E-state index contributed by atoms with van der Waals surface area (Å²) in [5.41, 5.74) is 1.12. The molecule has 1 aliphatic rings. The van der Waals surface area contributed by atoms with Crippen LogP contribution >= 0.6 is 0 Å². The van der Waals surface area contributed by atoms with Gasteiger partial charge in [-0.2, -0.15) is 5.10 Å². The summed E-state index contributed by atoms with van der Waals surface area (Å²) < 4.78 is 12.9. The normalized spacial score (nSPS) is 24.4. The lowest BCUT2D eigenvalue weighted by atomic mass is 10.0. The van der Waals surface area contributed by atoms with Crippen LogP contribution in [-0.2, 0) is 22.9 Å². The van der Waals surface area contributed by atoms with Crippen LogP contribution in [0.2, 0.25) is 0 Å². The minimum atomic E-state index is -0.119. The van der Waals surface area contributed by atoms with Gasteiger partial charge >= 0.3 is 0 Å². The molecule has 0 aromatic carbocycles. The van der Waals surface area contributed by atoms with Gasteiger partial charge in [-0.15, -0.1) is 0 Å². The van der Waals surface area contributed by atoms with Crippen LogP contribution in [0.15, 0.2) is 12.3 Å². The standard InChI is InChI=1S/C12H21N3O2/c1-15-11(4-7-14-15)3-6-13-9-12(16-2)5-8-17-10-12/h4,7,13H,3,5-6,8-10H2,1-2H3. The van der Waals surface area contributed by atoms with E-state index < -0.39 is 0 Å². The van der Waals surface area contributed by atoms with Crippen LogP contribution in [0.25, 0.3) is 0 Å². The van der Waals surface area contributed by atoms with Crippen LogP contribution < -0.4 is 5.32 Å². The highest BCUT2D eigenvalue weighted by Crippen LogP contribution is 2.21. The molecule has 0 amide bonds. The molecule has 0 bridgehead atoms. The molecule has 2 rings (SSSR count). The Kier molecular flexibility index (Phi) is 4.15. The van der Waals surface area contributed by atoms with Crippen LogP contribution in [0, 0.1) is 0 Å². The van der Waals surface area contributed by atoms with Crippen LogP contribution in [0.5, 0.6) is 0 Å². The molecular formula is C12H21N3O2. The van der Waals surface area contributed by atoms with E-state index in [-0.39, 0.29) is 5.60 Å². The third-order valence-electron chi connectivity index (χ3n) is 3.43. The van der Waals surface area contributed by atoms with Gasteiger partial charge in [-0.3, -0.25) is 4.68 Å². The second-order valence-corrected chi connectivity index (χ2v) is 4.56. The second kappa shape index (κ2) is 5.62. The first-order valence-corrected chi connectivity index (χ1v) is 6.06. The van der Waals surface area contributed by atoms with Crippen molar-refractivity contribution in [2.45, 2.75) is 18.4 Å². The van der Waals surface area contributed by atoms with Gasteiger partial charge in [0, 0.05) is 58.6 Å². The van der Waals surface area contributed by atoms with Crippen molar-refractivity contribution in [3.8, 4) is 0 Å². The quantitative estimate of drug-likeness (QED) is 0.728. The lowest BCUT2D eigenvalue weighted by Gasteiger charge is -2.26. The summed E-state index contributed by atoms with van der Waals surface area (Å²) in [5.74, 6) is 0. The molecule has 1 atom stereocenters. The number of methoxy groups -OCH3 is 1. The largest absolute Gasteiger partial charge is 0.378 e. The lowest BCUT2D eigenvalue weighted by molar-refractivity contribution is -0.0155. The van der Waals surface area contributed by atoms with E-state index in [0.717, 1.165) is 32.5 Å². The van der Waals surface area contributed by atoms with Crippen LogP contribution in [-0.4, -0.2) is 48.8 Å². The molecule has 0 saturated carbocycles. The van der Waals surface area contributed by atoms with Gasteiger partial charge in [0.2, 0.25) is 0 Å². The number of aryl methyl sites for hydroxylation is 1. The highest BCUT2D eigenvalue weighted by atomic mass is 16.5. The summed E-state index contributed by atoms with van der Waals surface area (Å²) in [4.78, 5) is 0. The van der Waals surface area contributed by atoms with E-state index in [2.05, 4.69) is 10.4 Å². The Bertz CT molecular complexity index is 345. The lowest BCUT2D eigenvalue weighted by Crippen LogP contribution is -2.43. The van der Waals surface area contributed by atoms with Gasteiger partial charge in [-0.25, -0.2) is 0 Å². The molecule has 5 nitrogen and oxygen atoms in total. The fourth-order valence-corrected chi connectivity index (χ4v) is 2.14. The van der Waals surface area contributed by atoms with Crippen molar-refractivity contribution in [3.05, 3.63) is 18.0 Å². The summed E-state index contributed by atoms with van der Waals surface area (Å²) >= 11 is 0. The molecule has 17 heavy (non-hydrogen) atoms. The van der Waals surface area contributed by atoms with E-state index in [4.69, 9.17) is 9.47 Å². The number of rotatable bonds is 6.